The molecule has 2 aromatic carbocycles. The first kappa shape index (κ1) is 20.3. The Balaban J connectivity index is 1.15. The second-order valence-corrected chi connectivity index (χ2v) is 9.60. The van der Waals surface area contributed by atoms with E-state index < -0.39 is 0 Å². The summed E-state index contributed by atoms with van der Waals surface area (Å²) in [5, 5.41) is 3.26. The van der Waals surface area contributed by atoms with Crippen LogP contribution in [0.15, 0.2) is 71.3 Å². The van der Waals surface area contributed by atoms with E-state index in [0.717, 1.165) is 19.3 Å². The summed E-state index contributed by atoms with van der Waals surface area (Å²) in [6, 6.07) is 21.0. The van der Waals surface area contributed by atoms with Crippen LogP contribution in [0.2, 0.25) is 0 Å². The summed E-state index contributed by atoms with van der Waals surface area (Å²) in [6.07, 6.45) is 4.22. The van der Waals surface area contributed by atoms with E-state index >= 15 is 0 Å². The zero-order valence-corrected chi connectivity index (χ0v) is 18.6. The van der Waals surface area contributed by atoms with Crippen LogP contribution in [0.5, 0.6) is 0 Å². The summed E-state index contributed by atoms with van der Waals surface area (Å²) in [5.74, 6) is 1.22. The maximum atomic E-state index is 13.1. The van der Waals surface area contributed by atoms with Gasteiger partial charge in [0, 0.05) is 31.5 Å². The van der Waals surface area contributed by atoms with Gasteiger partial charge < -0.3 is 14.6 Å². The van der Waals surface area contributed by atoms with Crippen LogP contribution < -0.4 is 5.32 Å². The molecule has 1 aromatic heterocycles. The second-order valence-electron chi connectivity index (χ2n) is 9.60. The molecule has 168 valence electrons. The van der Waals surface area contributed by atoms with Gasteiger partial charge in [-0.05, 0) is 59.6 Å². The third-order valence-corrected chi connectivity index (χ3v) is 7.77. The maximum Gasteiger partial charge on any atom is 0.289 e. The molecule has 5 heteroatoms. The SMILES string of the molecule is O=C(NC[C@@H]1CC2c3ccccc3C1c1ccccc12)[C@@H]1CCCN(C(=O)c2ccco2)C1. The van der Waals surface area contributed by atoms with Crippen molar-refractivity contribution in [1.29, 1.82) is 0 Å². The minimum absolute atomic E-state index is 0.0648. The molecule has 33 heavy (non-hydrogen) atoms. The smallest absolute Gasteiger partial charge is 0.289 e. The molecule has 1 fully saturated rings. The number of hydrogen-bond donors (Lipinski definition) is 1. The number of likely N-dealkylation sites (tertiary alicyclic amines) is 1. The molecular weight excluding hydrogens is 412 g/mol. The lowest BCUT2D eigenvalue weighted by atomic mass is 9.59. The van der Waals surface area contributed by atoms with Crippen molar-refractivity contribution in [2.24, 2.45) is 11.8 Å². The Labute approximate surface area is 193 Å². The number of benzene rings is 2. The van der Waals surface area contributed by atoms with Crippen molar-refractivity contribution in [2.75, 3.05) is 19.6 Å². The van der Waals surface area contributed by atoms with Crippen molar-refractivity contribution >= 4 is 11.8 Å². The summed E-state index contributed by atoms with van der Waals surface area (Å²) in [7, 11) is 0. The number of fused-ring (bicyclic) bond motifs is 1. The average Bonchev–Trinajstić information content (AvgIpc) is 3.42. The minimum atomic E-state index is -0.169. The monoisotopic (exact) mass is 440 g/mol. The largest absolute Gasteiger partial charge is 0.459 e. The summed E-state index contributed by atoms with van der Waals surface area (Å²) in [6.45, 7) is 1.79. The summed E-state index contributed by atoms with van der Waals surface area (Å²) < 4.78 is 5.26. The molecule has 0 saturated carbocycles. The number of rotatable bonds is 4. The van der Waals surface area contributed by atoms with Gasteiger partial charge in [-0.25, -0.2) is 0 Å². The van der Waals surface area contributed by atoms with E-state index in [0.29, 0.717) is 43.1 Å². The van der Waals surface area contributed by atoms with Gasteiger partial charge in [0.05, 0.1) is 12.2 Å². The van der Waals surface area contributed by atoms with Gasteiger partial charge in [0.1, 0.15) is 0 Å². The molecule has 2 bridgehead atoms. The molecule has 4 aliphatic rings. The van der Waals surface area contributed by atoms with Crippen LogP contribution in [0.3, 0.4) is 0 Å². The molecule has 1 aliphatic heterocycles. The summed E-state index contributed by atoms with van der Waals surface area (Å²) >= 11 is 0. The molecule has 3 aliphatic carbocycles. The Morgan fingerprint density at radius 1 is 0.939 bits per heavy atom. The highest BCUT2D eigenvalue weighted by Gasteiger charge is 2.43. The van der Waals surface area contributed by atoms with Gasteiger partial charge in [-0.15, -0.1) is 0 Å². The highest BCUT2D eigenvalue weighted by Crippen LogP contribution is 2.55. The molecule has 2 amide bonds. The first-order valence-corrected chi connectivity index (χ1v) is 12.0. The number of carbonyl (C=O) groups excluding carboxylic acids is 2. The molecule has 0 radical (unpaired) electrons. The summed E-state index contributed by atoms with van der Waals surface area (Å²) in [5.41, 5.74) is 5.73. The fourth-order valence-electron chi connectivity index (χ4n) is 6.27. The lowest BCUT2D eigenvalue weighted by molar-refractivity contribution is -0.126. The lowest BCUT2D eigenvalue weighted by Gasteiger charge is -2.45. The fourth-order valence-corrected chi connectivity index (χ4v) is 6.27. The fraction of sp³-hybridized carbons (Fsp3) is 0.357. The third-order valence-electron chi connectivity index (χ3n) is 7.77. The highest BCUT2D eigenvalue weighted by atomic mass is 16.3. The Kier molecular flexibility index (Phi) is 5.05. The Morgan fingerprint density at radius 2 is 1.64 bits per heavy atom. The molecular formula is C28H28N2O3. The van der Waals surface area contributed by atoms with E-state index in [1.807, 2.05) is 0 Å². The van der Waals surface area contributed by atoms with E-state index in [-0.39, 0.29) is 17.7 Å². The number of hydrogen-bond acceptors (Lipinski definition) is 3. The van der Waals surface area contributed by atoms with Crippen LogP contribution in [0.25, 0.3) is 0 Å². The van der Waals surface area contributed by atoms with Crippen LogP contribution >= 0.6 is 0 Å². The number of nitrogens with zero attached hydrogens (tertiary/aromatic N) is 1. The molecule has 5 nitrogen and oxygen atoms in total. The van der Waals surface area contributed by atoms with Gasteiger partial charge in [-0.2, -0.15) is 0 Å². The molecule has 2 atom stereocenters. The Hall–Kier alpha value is -3.34. The molecule has 0 spiro atoms. The van der Waals surface area contributed by atoms with Gasteiger partial charge in [0.25, 0.3) is 5.91 Å². The maximum absolute atomic E-state index is 13.1. The van der Waals surface area contributed by atoms with Gasteiger partial charge in [0.15, 0.2) is 5.76 Å². The Bertz CT molecular complexity index is 1140. The number of piperidine rings is 1. The van der Waals surface area contributed by atoms with Crippen LogP contribution in [0.1, 0.15) is 63.9 Å². The van der Waals surface area contributed by atoms with E-state index in [1.54, 1.807) is 17.0 Å². The van der Waals surface area contributed by atoms with Gasteiger partial charge in [-0.3, -0.25) is 9.59 Å². The van der Waals surface area contributed by atoms with Crippen molar-refractivity contribution in [2.45, 2.75) is 31.1 Å². The number of amides is 2. The number of furan rings is 1. The molecule has 0 unspecified atom stereocenters. The van der Waals surface area contributed by atoms with Gasteiger partial charge in [-0.1, -0.05) is 48.5 Å². The molecule has 3 aromatic rings. The Morgan fingerprint density at radius 3 is 2.30 bits per heavy atom. The van der Waals surface area contributed by atoms with Gasteiger partial charge >= 0.3 is 0 Å². The molecule has 2 heterocycles. The lowest BCUT2D eigenvalue weighted by Crippen LogP contribution is -2.47. The standard InChI is InChI=1S/C28H28N2O3/c31-27(18-7-5-13-30(17-18)28(32)25-12-6-14-33-25)29-16-19-15-24-20-8-1-3-10-22(20)26(19)23-11-4-2-9-21(23)24/h1-4,6,8-12,14,18-19,24,26H,5,7,13,15-17H2,(H,29,31)/t18-,19+,24?,26?/m1/s1. The number of carbonyl (C=O) groups is 2. The molecule has 7 rings (SSSR count). The quantitative estimate of drug-likeness (QED) is 0.648. The predicted octanol–water partition coefficient (Wildman–Crippen LogP) is 4.55. The number of nitrogens with one attached hydrogen (secondary N) is 1. The van der Waals surface area contributed by atoms with Crippen molar-refractivity contribution in [3.63, 3.8) is 0 Å². The first-order chi connectivity index (χ1) is 16.2. The van der Waals surface area contributed by atoms with E-state index in [4.69, 9.17) is 4.42 Å². The van der Waals surface area contributed by atoms with Gasteiger partial charge in [0.2, 0.25) is 5.91 Å². The van der Waals surface area contributed by atoms with Crippen molar-refractivity contribution in [3.8, 4) is 0 Å². The normalized spacial score (nSPS) is 25.3. The zero-order valence-electron chi connectivity index (χ0n) is 18.6. The van der Waals surface area contributed by atoms with Crippen molar-refractivity contribution in [1.82, 2.24) is 10.2 Å². The van der Waals surface area contributed by atoms with Crippen LogP contribution in [-0.2, 0) is 4.79 Å². The summed E-state index contributed by atoms with van der Waals surface area (Å²) in [4.78, 5) is 27.5. The van der Waals surface area contributed by atoms with Crippen LogP contribution in [-0.4, -0.2) is 36.3 Å². The van der Waals surface area contributed by atoms with Crippen LogP contribution in [0, 0.1) is 11.8 Å². The average molecular weight is 441 g/mol. The van der Waals surface area contributed by atoms with E-state index in [2.05, 4.69) is 53.8 Å². The topological polar surface area (TPSA) is 62.6 Å². The molecule has 1 N–H and O–H groups in total. The first-order valence-electron chi connectivity index (χ1n) is 12.0. The zero-order chi connectivity index (χ0) is 22.4. The predicted molar refractivity (Wildman–Crippen MR) is 125 cm³/mol. The van der Waals surface area contributed by atoms with E-state index in [9.17, 15) is 9.59 Å². The van der Waals surface area contributed by atoms with Crippen molar-refractivity contribution in [3.05, 3.63) is 94.9 Å². The third kappa shape index (κ3) is 3.47. The van der Waals surface area contributed by atoms with Crippen molar-refractivity contribution < 1.29 is 14.0 Å². The second kappa shape index (κ2) is 8.22. The minimum Gasteiger partial charge on any atom is -0.459 e. The highest BCUT2D eigenvalue weighted by molar-refractivity contribution is 5.92. The van der Waals surface area contributed by atoms with E-state index in [1.165, 1.54) is 28.5 Å². The van der Waals surface area contributed by atoms with Crippen LogP contribution in [0.4, 0.5) is 0 Å². The molecule has 1 saturated heterocycles.